The van der Waals surface area contributed by atoms with Crippen molar-refractivity contribution in [1.82, 2.24) is 0 Å². The Morgan fingerprint density at radius 1 is 1.44 bits per heavy atom. The molecule has 0 aliphatic heterocycles. The molecule has 0 saturated heterocycles. The van der Waals surface area contributed by atoms with Crippen molar-refractivity contribution in [3.8, 4) is 0 Å². The third kappa shape index (κ3) is 3.77. The molecule has 16 heavy (non-hydrogen) atoms. The molecule has 4 heteroatoms. The minimum Gasteiger partial charge on any atom is -0.394 e. The maximum absolute atomic E-state index is 9.41. The van der Waals surface area contributed by atoms with Gasteiger partial charge in [0, 0.05) is 16.8 Å². The van der Waals surface area contributed by atoms with Crippen molar-refractivity contribution in [1.29, 1.82) is 0 Å². The summed E-state index contributed by atoms with van der Waals surface area (Å²) < 4.78 is 6.34. The lowest BCUT2D eigenvalue weighted by atomic mass is 10.0. The molecule has 0 aliphatic rings. The molecule has 0 amide bonds. The lowest BCUT2D eigenvalue weighted by molar-refractivity contribution is 0.0796. The second-order valence-corrected chi connectivity index (χ2v) is 4.82. The van der Waals surface area contributed by atoms with Crippen LogP contribution in [0.2, 0.25) is 0 Å². The van der Waals surface area contributed by atoms with E-state index >= 15 is 0 Å². The van der Waals surface area contributed by atoms with Crippen molar-refractivity contribution in [2.45, 2.75) is 19.4 Å². The van der Waals surface area contributed by atoms with Crippen molar-refractivity contribution in [3.05, 3.63) is 28.7 Å². The van der Waals surface area contributed by atoms with E-state index < -0.39 is 5.54 Å². The second kappa shape index (κ2) is 6.23. The summed E-state index contributed by atoms with van der Waals surface area (Å²) in [5.41, 5.74) is 0.499. The Labute approximate surface area is 105 Å². The van der Waals surface area contributed by atoms with Crippen LogP contribution in [0.3, 0.4) is 0 Å². The van der Waals surface area contributed by atoms with Gasteiger partial charge in [-0.2, -0.15) is 0 Å². The third-order valence-electron chi connectivity index (χ3n) is 2.28. The molecule has 1 aromatic carbocycles. The number of hydrogen-bond acceptors (Lipinski definition) is 3. The fourth-order valence-electron chi connectivity index (χ4n) is 1.34. The summed E-state index contributed by atoms with van der Waals surface area (Å²) in [6, 6.07) is 7.82. The largest absolute Gasteiger partial charge is 0.394 e. The molecule has 0 saturated carbocycles. The maximum atomic E-state index is 9.41. The molecular weight excluding hydrogens is 270 g/mol. The van der Waals surface area contributed by atoms with Gasteiger partial charge in [-0.3, -0.25) is 0 Å². The van der Waals surface area contributed by atoms with E-state index in [-0.39, 0.29) is 6.61 Å². The van der Waals surface area contributed by atoms with Crippen LogP contribution in [0.15, 0.2) is 28.7 Å². The molecular formula is C12H18BrNO2. The van der Waals surface area contributed by atoms with Crippen LogP contribution in [0.1, 0.15) is 13.8 Å². The molecule has 0 aromatic heterocycles. The van der Waals surface area contributed by atoms with E-state index in [4.69, 9.17) is 4.74 Å². The summed E-state index contributed by atoms with van der Waals surface area (Å²) in [6.07, 6.45) is 0. The molecule has 1 rings (SSSR count). The Morgan fingerprint density at radius 2 is 2.12 bits per heavy atom. The number of halogens is 1. The zero-order valence-electron chi connectivity index (χ0n) is 9.66. The number of ether oxygens (including phenoxy) is 1. The van der Waals surface area contributed by atoms with Crippen molar-refractivity contribution in [2.75, 3.05) is 25.1 Å². The van der Waals surface area contributed by atoms with Crippen LogP contribution < -0.4 is 5.32 Å². The SMILES string of the molecule is CCOCC(C)(CO)Nc1ccccc1Br. The Kier molecular flexibility index (Phi) is 5.25. The van der Waals surface area contributed by atoms with Gasteiger partial charge < -0.3 is 15.2 Å². The zero-order valence-corrected chi connectivity index (χ0v) is 11.3. The highest BCUT2D eigenvalue weighted by molar-refractivity contribution is 9.10. The maximum Gasteiger partial charge on any atom is 0.0809 e. The van der Waals surface area contributed by atoms with Gasteiger partial charge in [-0.25, -0.2) is 0 Å². The lowest BCUT2D eigenvalue weighted by Crippen LogP contribution is -2.43. The fraction of sp³-hybridized carbons (Fsp3) is 0.500. The molecule has 0 radical (unpaired) electrons. The summed E-state index contributed by atoms with van der Waals surface area (Å²) >= 11 is 3.46. The number of benzene rings is 1. The van der Waals surface area contributed by atoms with Crippen LogP contribution in [-0.4, -0.2) is 30.5 Å². The number of aliphatic hydroxyl groups excluding tert-OH is 1. The lowest BCUT2D eigenvalue weighted by Gasteiger charge is -2.30. The molecule has 0 aliphatic carbocycles. The number of para-hydroxylation sites is 1. The van der Waals surface area contributed by atoms with E-state index in [1.54, 1.807) is 0 Å². The summed E-state index contributed by atoms with van der Waals surface area (Å²) in [7, 11) is 0. The molecule has 1 atom stereocenters. The Hall–Kier alpha value is -0.580. The predicted octanol–water partition coefficient (Wildman–Crippen LogP) is 2.65. The van der Waals surface area contributed by atoms with Gasteiger partial charge in [0.05, 0.1) is 18.8 Å². The molecule has 0 spiro atoms. The Balaban J connectivity index is 2.72. The molecule has 0 heterocycles. The Morgan fingerprint density at radius 3 is 2.69 bits per heavy atom. The third-order valence-corrected chi connectivity index (χ3v) is 2.98. The van der Waals surface area contributed by atoms with Gasteiger partial charge >= 0.3 is 0 Å². The molecule has 0 fully saturated rings. The number of anilines is 1. The summed E-state index contributed by atoms with van der Waals surface area (Å²) in [5.74, 6) is 0. The standard InChI is InChI=1S/C12H18BrNO2/c1-3-16-9-12(2,8-15)14-11-7-5-4-6-10(11)13/h4-7,14-15H,3,8-9H2,1-2H3. The predicted molar refractivity (Wildman–Crippen MR) is 69.7 cm³/mol. The number of hydrogen-bond donors (Lipinski definition) is 2. The highest BCUT2D eigenvalue weighted by atomic mass is 79.9. The summed E-state index contributed by atoms with van der Waals surface area (Å²) in [5, 5.41) is 12.7. The Bertz CT molecular complexity index is 333. The second-order valence-electron chi connectivity index (χ2n) is 3.96. The van der Waals surface area contributed by atoms with E-state index in [0.29, 0.717) is 13.2 Å². The average Bonchev–Trinajstić information content (AvgIpc) is 2.30. The van der Waals surface area contributed by atoms with Crippen molar-refractivity contribution < 1.29 is 9.84 Å². The first-order chi connectivity index (χ1) is 7.61. The molecule has 90 valence electrons. The van der Waals surface area contributed by atoms with E-state index in [0.717, 1.165) is 10.2 Å². The summed E-state index contributed by atoms with van der Waals surface area (Å²) in [6.45, 7) is 5.02. The van der Waals surface area contributed by atoms with Gasteiger partial charge in [0.2, 0.25) is 0 Å². The van der Waals surface area contributed by atoms with Crippen LogP contribution in [0, 0.1) is 0 Å². The van der Waals surface area contributed by atoms with E-state index in [9.17, 15) is 5.11 Å². The van der Waals surface area contributed by atoms with Gasteiger partial charge in [-0.15, -0.1) is 0 Å². The summed E-state index contributed by atoms with van der Waals surface area (Å²) in [4.78, 5) is 0. The van der Waals surface area contributed by atoms with Gasteiger partial charge in [0.1, 0.15) is 0 Å². The quantitative estimate of drug-likeness (QED) is 0.845. The van der Waals surface area contributed by atoms with Crippen molar-refractivity contribution in [3.63, 3.8) is 0 Å². The highest BCUT2D eigenvalue weighted by Gasteiger charge is 2.23. The molecule has 1 unspecified atom stereocenters. The normalized spacial score (nSPS) is 14.5. The highest BCUT2D eigenvalue weighted by Crippen LogP contribution is 2.24. The van der Waals surface area contributed by atoms with Gasteiger partial charge in [-0.1, -0.05) is 12.1 Å². The molecule has 2 N–H and O–H groups in total. The first-order valence-electron chi connectivity index (χ1n) is 5.32. The van der Waals surface area contributed by atoms with Crippen molar-refractivity contribution >= 4 is 21.6 Å². The smallest absolute Gasteiger partial charge is 0.0809 e. The van der Waals surface area contributed by atoms with Crippen molar-refractivity contribution in [2.24, 2.45) is 0 Å². The van der Waals surface area contributed by atoms with Crippen LogP contribution in [0.4, 0.5) is 5.69 Å². The number of rotatable bonds is 6. The van der Waals surface area contributed by atoms with E-state index in [1.165, 1.54) is 0 Å². The van der Waals surface area contributed by atoms with Crippen LogP contribution in [0.5, 0.6) is 0 Å². The van der Waals surface area contributed by atoms with Gasteiger partial charge in [0.25, 0.3) is 0 Å². The first-order valence-corrected chi connectivity index (χ1v) is 6.12. The van der Waals surface area contributed by atoms with Gasteiger partial charge in [-0.05, 0) is 41.9 Å². The van der Waals surface area contributed by atoms with Crippen LogP contribution in [0.25, 0.3) is 0 Å². The van der Waals surface area contributed by atoms with E-state index in [2.05, 4.69) is 21.2 Å². The molecule has 3 nitrogen and oxygen atoms in total. The monoisotopic (exact) mass is 287 g/mol. The van der Waals surface area contributed by atoms with E-state index in [1.807, 2.05) is 38.1 Å². The number of nitrogens with one attached hydrogen (secondary N) is 1. The number of aliphatic hydroxyl groups is 1. The van der Waals surface area contributed by atoms with Crippen LogP contribution in [-0.2, 0) is 4.74 Å². The zero-order chi connectivity index (χ0) is 12.0. The topological polar surface area (TPSA) is 41.5 Å². The molecule has 1 aromatic rings. The first kappa shape index (κ1) is 13.5. The minimum absolute atomic E-state index is 0.0222. The fourth-order valence-corrected chi connectivity index (χ4v) is 1.72. The molecule has 0 bridgehead atoms. The average molecular weight is 288 g/mol. The van der Waals surface area contributed by atoms with Gasteiger partial charge in [0.15, 0.2) is 0 Å². The minimum atomic E-state index is -0.458. The van der Waals surface area contributed by atoms with Crippen LogP contribution >= 0.6 is 15.9 Å².